The normalized spacial score (nSPS) is 25.2. The number of nitrogens with zero attached hydrogens (tertiary/aromatic N) is 3. The molecule has 0 saturated carbocycles. The third-order valence-corrected chi connectivity index (χ3v) is 3.90. The lowest BCUT2D eigenvalue weighted by Gasteiger charge is -2.36. The molecule has 0 amide bonds. The Bertz CT molecular complexity index is 270. The van der Waals surface area contributed by atoms with Gasteiger partial charge in [-0.3, -0.25) is 14.7 Å². The zero-order valence-electron chi connectivity index (χ0n) is 11.9. The number of aliphatic hydroxyl groups is 1. The molecule has 5 nitrogen and oxygen atoms in total. The molecule has 0 aromatic heterocycles. The largest absolute Gasteiger partial charge is 0.390 e. The number of halogens is 2. The lowest BCUT2D eigenvalue weighted by atomic mass is 10.2. The van der Waals surface area contributed by atoms with Crippen LogP contribution < -0.4 is 0 Å². The minimum Gasteiger partial charge on any atom is -0.390 e. The van der Waals surface area contributed by atoms with Gasteiger partial charge in [0.15, 0.2) is 0 Å². The van der Waals surface area contributed by atoms with Crippen LogP contribution in [0, 0.1) is 0 Å². The van der Waals surface area contributed by atoms with Crippen LogP contribution >= 0.6 is 0 Å². The van der Waals surface area contributed by atoms with E-state index in [1.165, 1.54) is 0 Å². The Morgan fingerprint density at radius 2 is 1.25 bits per heavy atom. The molecule has 2 saturated heterocycles. The first-order valence-electron chi connectivity index (χ1n) is 7.34. The summed E-state index contributed by atoms with van der Waals surface area (Å²) in [5, 5.41) is 10.1. The van der Waals surface area contributed by atoms with Gasteiger partial charge >= 0.3 is 0 Å². The van der Waals surface area contributed by atoms with E-state index in [9.17, 15) is 13.9 Å². The number of β-amino-alcohol motifs (C(OH)–C–C–N with tert-alkyl or cyclic N) is 1. The second-order valence-electron chi connectivity index (χ2n) is 5.56. The fraction of sp³-hybridized carbons (Fsp3) is 1.00. The number of ether oxygens (including phenoxy) is 1. The predicted octanol–water partition coefficient (Wildman–Crippen LogP) is -0.438. The highest BCUT2D eigenvalue weighted by molar-refractivity contribution is 4.76. The summed E-state index contributed by atoms with van der Waals surface area (Å²) in [5.74, 6) is 0. The van der Waals surface area contributed by atoms with Crippen molar-refractivity contribution < 1.29 is 18.6 Å². The lowest BCUT2D eigenvalue weighted by Crippen LogP contribution is -2.51. The smallest absolute Gasteiger partial charge is 0.251 e. The molecule has 2 heterocycles. The van der Waals surface area contributed by atoms with E-state index in [-0.39, 0.29) is 12.6 Å². The minimum absolute atomic E-state index is 0.135. The molecule has 0 aromatic carbocycles. The molecule has 20 heavy (non-hydrogen) atoms. The van der Waals surface area contributed by atoms with Gasteiger partial charge in [0, 0.05) is 52.4 Å². The lowest BCUT2D eigenvalue weighted by molar-refractivity contribution is -0.000869. The van der Waals surface area contributed by atoms with Crippen molar-refractivity contribution in [3.63, 3.8) is 0 Å². The molecule has 0 bridgehead atoms. The first-order valence-corrected chi connectivity index (χ1v) is 7.34. The number of aliphatic hydroxyl groups excluding tert-OH is 1. The van der Waals surface area contributed by atoms with Gasteiger partial charge in [0.25, 0.3) is 6.43 Å². The zero-order valence-corrected chi connectivity index (χ0v) is 11.9. The van der Waals surface area contributed by atoms with Crippen LogP contribution in [0.25, 0.3) is 0 Å². The average molecular weight is 293 g/mol. The van der Waals surface area contributed by atoms with Gasteiger partial charge in [-0.15, -0.1) is 0 Å². The Labute approximate surface area is 119 Å². The minimum atomic E-state index is -2.26. The van der Waals surface area contributed by atoms with Crippen LogP contribution in [0.1, 0.15) is 0 Å². The fourth-order valence-corrected chi connectivity index (χ4v) is 2.79. The maximum atomic E-state index is 12.3. The Kier molecular flexibility index (Phi) is 6.57. The van der Waals surface area contributed by atoms with Crippen LogP contribution in [0.4, 0.5) is 8.78 Å². The highest BCUT2D eigenvalue weighted by atomic mass is 19.3. The van der Waals surface area contributed by atoms with Crippen LogP contribution in [0.3, 0.4) is 0 Å². The first-order chi connectivity index (χ1) is 9.63. The highest BCUT2D eigenvalue weighted by Crippen LogP contribution is 2.06. The molecule has 0 radical (unpaired) electrons. The van der Waals surface area contributed by atoms with Crippen molar-refractivity contribution >= 4 is 0 Å². The summed E-state index contributed by atoms with van der Waals surface area (Å²) in [6.45, 7) is 7.21. The van der Waals surface area contributed by atoms with E-state index in [2.05, 4.69) is 9.80 Å². The van der Waals surface area contributed by atoms with Crippen molar-refractivity contribution in [2.45, 2.75) is 12.5 Å². The number of piperazine rings is 1. The number of morpholine rings is 1. The molecule has 1 unspecified atom stereocenters. The van der Waals surface area contributed by atoms with E-state index < -0.39 is 6.43 Å². The number of alkyl halides is 2. The molecule has 2 fully saturated rings. The van der Waals surface area contributed by atoms with Gasteiger partial charge in [-0.05, 0) is 0 Å². The molecular weight excluding hydrogens is 268 g/mol. The molecule has 118 valence electrons. The van der Waals surface area contributed by atoms with Gasteiger partial charge in [-0.2, -0.15) is 0 Å². The van der Waals surface area contributed by atoms with Crippen LogP contribution in [-0.2, 0) is 4.74 Å². The Morgan fingerprint density at radius 3 is 1.75 bits per heavy atom. The fourth-order valence-electron chi connectivity index (χ4n) is 2.79. The third kappa shape index (κ3) is 5.57. The van der Waals surface area contributed by atoms with Crippen molar-refractivity contribution in [3.8, 4) is 0 Å². The van der Waals surface area contributed by atoms with Crippen molar-refractivity contribution in [2.75, 3.05) is 72.1 Å². The summed E-state index contributed by atoms with van der Waals surface area (Å²) < 4.78 is 29.8. The quantitative estimate of drug-likeness (QED) is 0.719. The maximum Gasteiger partial charge on any atom is 0.251 e. The summed E-state index contributed by atoms with van der Waals surface area (Å²) in [6.07, 6.45) is -2.64. The van der Waals surface area contributed by atoms with Crippen LogP contribution in [-0.4, -0.2) is 104 Å². The molecule has 1 atom stereocenters. The summed E-state index contributed by atoms with van der Waals surface area (Å²) in [6, 6.07) is 0. The van der Waals surface area contributed by atoms with Gasteiger partial charge in [0.1, 0.15) is 0 Å². The maximum absolute atomic E-state index is 12.3. The topological polar surface area (TPSA) is 39.2 Å². The molecule has 0 aliphatic carbocycles. The first kappa shape index (κ1) is 16.0. The Hall–Kier alpha value is -0.340. The summed E-state index contributed by atoms with van der Waals surface area (Å²) in [5.41, 5.74) is 0. The van der Waals surface area contributed by atoms with Gasteiger partial charge in [0.05, 0.1) is 25.9 Å². The van der Waals surface area contributed by atoms with E-state index in [0.29, 0.717) is 26.2 Å². The molecule has 0 spiro atoms. The molecule has 2 aliphatic rings. The van der Waals surface area contributed by atoms with Crippen LogP contribution in [0.5, 0.6) is 0 Å². The molecule has 0 aromatic rings. The van der Waals surface area contributed by atoms with E-state index >= 15 is 0 Å². The number of hydrogen-bond acceptors (Lipinski definition) is 5. The Balaban J connectivity index is 1.61. The predicted molar refractivity (Wildman–Crippen MR) is 72.1 cm³/mol. The summed E-state index contributed by atoms with van der Waals surface area (Å²) in [7, 11) is 0. The van der Waals surface area contributed by atoms with Gasteiger partial charge in [0.2, 0.25) is 0 Å². The zero-order chi connectivity index (χ0) is 14.4. The standard InChI is InChI=1S/C13H25F2N3O2/c14-13(15)11-17-3-1-16(2-4-17)9-12(19)10-18-5-7-20-8-6-18/h12-13,19H,1-11H2. The van der Waals surface area contributed by atoms with Crippen molar-refractivity contribution in [1.82, 2.24) is 14.7 Å². The average Bonchev–Trinajstić information content (AvgIpc) is 2.41. The van der Waals surface area contributed by atoms with Gasteiger partial charge in [-0.25, -0.2) is 8.78 Å². The summed E-state index contributed by atoms with van der Waals surface area (Å²) in [4.78, 5) is 6.16. The van der Waals surface area contributed by atoms with Crippen molar-refractivity contribution in [3.05, 3.63) is 0 Å². The monoisotopic (exact) mass is 293 g/mol. The molecule has 2 aliphatic heterocycles. The second kappa shape index (κ2) is 8.19. The van der Waals surface area contributed by atoms with E-state index in [4.69, 9.17) is 4.74 Å². The number of rotatable bonds is 6. The molecular formula is C13H25F2N3O2. The van der Waals surface area contributed by atoms with E-state index in [1.807, 2.05) is 0 Å². The van der Waals surface area contributed by atoms with Crippen LogP contribution in [0.15, 0.2) is 0 Å². The van der Waals surface area contributed by atoms with Gasteiger partial charge in [-0.1, -0.05) is 0 Å². The van der Waals surface area contributed by atoms with E-state index in [0.717, 1.165) is 39.4 Å². The SMILES string of the molecule is OC(CN1CCOCC1)CN1CCN(CC(F)F)CC1. The summed E-state index contributed by atoms with van der Waals surface area (Å²) >= 11 is 0. The molecule has 2 rings (SSSR count). The van der Waals surface area contributed by atoms with Crippen molar-refractivity contribution in [1.29, 1.82) is 0 Å². The highest BCUT2D eigenvalue weighted by Gasteiger charge is 2.22. The van der Waals surface area contributed by atoms with Crippen molar-refractivity contribution in [2.24, 2.45) is 0 Å². The van der Waals surface area contributed by atoms with Gasteiger partial charge < -0.3 is 9.84 Å². The van der Waals surface area contributed by atoms with E-state index in [1.54, 1.807) is 4.90 Å². The molecule has 7 heteroatoms. The van der Waals surface area contributed by atoms with Crippen LogP contribution in [0.2, 0.25) is 0 Å². The number of hydrogen-bond donors (Lipinski definition) is 1. The second-order valence-corrected chi connectivity index (χ2v) is 5.56. The third-order valence-electron chi connectivity index (χ3n) is 3.90. The Morgan fingerprint density at radius 1 is 0.800 bits per heavy atom. The molecule has 1 N–H and O–H groups in total.